The lowest BCUT2D eigenvalue weighted by Gasteiger charge is -2.36. The standard InChI is InChI=1S/C20H18Cl2N4O2S/c21-15-7-5-14(6-8-15)19-23-24-20(28-19)29-13-18(27)26-11-9-25(10-12-26)17-4-2-1-3-16(17)22/h1-8H,9-13H2. The second-order valence-electron chi connectivity index (χ2n) is 6.49. The van der Waals surface area contributed by atoms with Gasteiger partial charge in [-0.1, -0.05) is 47.1 Å². The molecule has 0 saturated carbocycles. The SMILES string of the molecule is O=C(CSc1nnc(-c2ccc(Cl)cc2)o1)N1CCN(c2ccccc2Cl)CC1. The Hall–Kier alpha value is -2.22. The molecular weight excluding hydrogens is 431 g/mol. The van der Waals surface area contributed by atoms with E-state index in [1.54, 1.807) is 12.1 Å². The van der Waals surface area contributed by atoms with E-state index in [0.29, 0.717) is 29.2 Å². The lowest BCUT2D eigenvalue weighted by molar-refractivity contribution is -0.128. The van der Waals surface area contributed by atoms with Gasteiger partial charge in [0.1, 0.15) is 0 Å². The predicted molar refractivity (Wildman–Crippen MR) is 116 cm³/mol. The molecule has 2 heterocycles. The molecule has 0 atom stereocenters. The van der Waals surface area contributed by atoms with E-state index in [-0.39, 0.29) is 11.7 Å². The Labute approximate surface area is 182 Å². The van der Waals surface area contributed by atoms with Crippen molar-refractivity contribution in [2.75, 3.05) is 36.8 Å². The van der Waals surface area contributed by atoms with Gasteiger partial charge in [0.25, 0.3) is 5.22 Å². The fourth-order valence-corrected chi connectivity index (χ4v) is 4.14. The van der Waals surface area contributed by atoms with E-state index in [1.165, 1.54) is 11.8 Å². The highest BCUT2D eigenvalue weighted by atomic mass is 35.5. The quantitative estimate of drug-likeness (QED) is 0.536. The number of hydrogen-bond donors (Lipinski definition) is 0. The lowest BCUT2D eigenvalue weighted by Crippen LogP contribution is -2.49. The third-order valence-corrected chi connectivity index (χ3v) is 6.02. The smallest absolute Gasteiger partial charge is 0.277 e. The molecule has 4 rings (SSSR count). The molecule has 1 fully saturated rings. The highest BCUT2D eigenvalue weighted by molar-refractivity contribution is 7.99. The van der Waals surface area contributed by atoms with Crippen molar-refractivity contribution in [1.82, 2.24) is 15.1 Å². The van der Waals surface area contributed by atoms with Crippen molar-refractivity contribution in [3.8, 4) is 11.5 Å². The molecule has 9 heteroatoms. The second-order valence-corrected chi connectivity index (χ2v) is 8.26. The molecule has 1 aromatic heterocycles. The minimum atomic E-state index is 0.0556. The number of para-hydroxylation sites is 1. The maximum atomic E-state index is 12.6. The number of benzene rings is 2. The molecule has 0 bridgehead atoms. The summed E-state index contributed by atoms with van der Waals surface area (Å²) < 4.78 is 5.64. The molecule has 0 spiro atoms. The van der Waals surface area contributed by atoms with E-state index in [9.17, 15) is 4.79 Å². The molecule has 1 aliphatic rings. The largest absolute Gasteiger partial charge is 0.411 e. The maximum absolute atomic E-state index is 12.6. The number of carbonyl (C=O) groups is 1. The Morgan fingerprint density at radius 3 is 2.45 bits per heavy atom. The van der Waals surface area contributed by atoms with E-state index >= 15 is 0 Å². The van der Waals surface area contributed by atoms with Crippen molar-refractivity contribution in [2.45, 2.75) is 5.22 Å². The molecule has 0 aliphatic carbocycles. The zero-order chi connectivity index (χ0) is 20.2. The minimum Gasteiger partial charge on any atom is -0.411 e. The van der Waals surface area contributed by atoms with Crippen molar-refractivity contribution in [3.05, 3.63) is 58.6 Å². The third-order valence-electron chi connectivity index (χ3n) is 4.64. The van der Waals surface area contributed by atoms with Crippen molar-refractivity contribution in [1.29, 1.82) is 0 Å². The van der Waals surface area contributed by atoms with Gasteiger partial charge in [0, 0.05) is 36.8 Å². The first-order chi connectivity index (χ1) is 14.1. The van der Waals surface area contributed by atoms with E-state index in [2.05, 4.69) is 15.1 Å². The molecule has 1 saturated heterocycles. The van der Waals surface area contributed by atoms with E-state index in [1.807, 2.05) is 41.3 Å². The summed E-state index contributed by atoms with van der Waals surface area (Å²) in [7, 11) is 0. The van der Waals surface area contributed by atoms with E-state index in [4.69, 9.17) is 27.6 Å². The number of halogens is 2. The summed E-state index contributed by atoms with van der Waals surface area (Å²) in [6, 6.07) is 14.9. The van der Waals surface area contributed by atoms with Gasteiger partial charge in [-0.15, -0.1) is 10.2 Å². The van der Waals surface area contributed by atoms with Gasteiger partial charge in [0.05, 0.1) is 16.5 Å². The number of rotatable bonds is 5. The number of anilines is 1. The summed E-state index contributed by atoms with van der Waals surface area (Å²) >= 11 is 13.4. The summed E-state index contributed by atoms with van der Waals surface area (Å²) in [5, 5.41) is 9.79. The maximum Gasteiger partial charge on any atom is 0.277 e. The van der Waals surface area contributed by atoms with Crippen LogP contribution in [0.5, 0.6) is 0 Å². The number of hydrogen-bond acceptors (Lipinski definition) is 6. The molecule has 29 heavy (non-hydrogen) atoms. The van der Waals surface area contributed by atoms with Crippen LogP contribution in [0.3, 0.4) is 0 Å². The predicted octanol–water partition coefficient (Wildman–Crippen LogP) is 4.48. The normalized spacial score (nSPS) is 14.3. The second kappa shape index (κ2) is 9.07. The van der Waals surface area contributed by atoms with Gasteiger partial charge < -0.3 is 14.2 Å². The summed E-state index contributed by atoms with van der Waals surface area (Å²) in [5.74, 6) is 0.721. The highest BCUT2D eigenvalue weighted by Gasteiger charge is 2.23. The zero-order valence-corrected chi connectivity index (χ0v) is 17.8. The Balaban J connectivity index is 1.29. The van der Waals surface area contributed by atoms with E-state index in [0.717, 1.165) is 29.4 Å². The van der Waals surface area contributed by atoms with Gasteiger partial charge in [0.15, 0.2) is 0 Å². The molecule has 150 valence electrons. The first kappa shape index (κ1) is 20.1. The van der Waals surface area contributed by atoms with Crippen LogP contribution in [-0.4, -0.2) is 52.9 Å². The van der Waals surface area contributed by atoms with Gasteiger partial charge in [-0.25, -0.2) is 0 Å². The highest BCUT2D eigenvalue weighted by Crippen LogP contribution is 2.27. The topological polar surface area (TPSA) is 62.5 Å². The van der Waals surface area contributed by atoms with Gasteiger partial charge in [0.2, 0.25) is 11.8 Å². The Morgan fingerprint density at radius 2 is 1.72 bits per heavy atom. The number of carbonyl (C=O) groups excluding carboxylic acids is 1. The van der Waals surface area contributed by atoms with Crippen LogP contribution < -0.4 is 4.90 Å². The molecule has 0 N–H and O–H groups in total. The van der Waals surface area contributed by atoms with Crippen molar-refractivity contribution in [3.63, 3.8) is 0 Å². The van der Waals surface area contributed by atoms with Crippen molar-refractivity contribution >= 4 is 46.6 Å². The molecule has 6 nitrogen and oxygen atoms in total. The molecule has 1 amide bonds. The molecule has 2 aromatic carbocycles. The number of piperazine rings is 1. The van der Waals surface area contributed by atoms with Crippen LogP contribution >= 0.6 is 35.0 Å². The van der Waals surface area contributed by atoms with Crippen molar-refractivity contribution in [2.24, 2.45) is 0 Å². The number of aromatic nitrogens is 2. The van der Waals surface area contributed by atoms with Gasteiger partial charge in [-0.3, -0.25) is 4.79 Å². The van der Waals surface area contributed by atoms with Crippen LogP contribution in [0, 0.1) is 0 Å². The van der Waals surface area contributed by atoms with Crippen molar-refractivity contribution < 1.29 is 9.21 Å². The molecular formula is C20H18Cl2N4O2S. The number of thioether (sulfide) groups is 1. The summed E-state index contributed by atoms with van der Waals surface area (Å²) in [5.41, 5.74) is 1.80. The zero-order valence-electron chi connectivity index (χ0n) is 15.4. The van der Waals surface area contributed by atoms with Gasteiger partial charge in [-0.2, -0.15) is 0 Å². The van der Waals surface area contributed by atoms with Crippen LogP contribution in [-0.2, 0) is 4.79 Å². The van der Waals surface area contributed by atoms with E-state index < -0.39 is 0 Å². The minimum absolute atomic E-state index is 0.0556. The monoisotopic (exact) mass is 448 g/mol. The van der Waals surface area contributed by atoms with Crippen LogP contribution in [0.1, 0.15) is 0 Å². The van der Waals surface area contributed by atoms with Gasteiger partial charge >= 0.3 is 0 Å². The lowest BCUT2D eigenvalue weighted by atomic mass is 10.2. The van der Waals surface area contributed by atoms with Crippen LogP contribution in [0.25, 0.3) is 11.5 Å². The molecule has 1 aliphatic heterocycles. The molecule has 0 radical (unpaired) electrons. The fourth-order valence-electron chi connectivity index (χ4n) is 3.10. The number of amides is 1. The summed E-state index contributed by atoms with van der Waals surface area (Å²) in [6.07, 6.45) is 0. The number of nitrogens with zero attached hydrogens (tertiary/aromatic N) is 4. The van der Waals surface area contributed by atoms with Crippen LogP contribution in [0.2, 0.25) is 10.0 Å². The Kier molecular flexibility index (Phi) is 6.28. The summed E-state index contributed by atoms with van der Waals surface area (Å²) in [4.78, 5) is 16.6. The van der Waals surface area contributed by atoms with Gasteiger partial charge in [-0.05, 0) is 36.4 Å². The summed E-state index contributed by atoms with van der Waals surface area (Å²) in [6.45, 7) is 2.82. The first-order valence-electron chi connectivity index (χ1n) is 9.09. The molecule has 0 unspecified atom stereocenters. The average Bonchev–Trinajstić information content (AvgIpc) is 3.22. The fraction of sp³-hybridized carbons (Fsp3) is 0.250. The third kappa shape index (κ3) is 4.86. The molecule has 3 aromatic rings. The Morgan fingerprint density at radius 1 is 1.00 bits per heavy atom. The van der Waals surface area contributed by atoms with Crippen LogP contribution in [0.15, 0.2) is 58.2 Å². The van der Waals surface area contributed by atoms with Crippen LogP contribution in [0.4, 0.5) is 5.69 Å². The first-order valence-corrected chi connectivity index (χ1v) is 10.8. The Bertz CT molecular complexity index is 988. The average molecular weight is 449 g/mol.